The van der Waals surface area contributed by atoms with Gasteiger partial charge in [-0.05, 0) is 49.7 Å². The molecule has 0 aliphatic rings. The summed E-state index contributed by atoms with van der Waals surface area (Å²) in [4.78, 5) is 23.6. The first-order chi connectivity index (χ1) is 8.91. The molecule has 4 nitrogen and oxygen atoms in total. The minimum Gasteiger partial charge on any atom is -0.365 e. The molecule has 0 aliphatic heterocycles. The molecule has 2 N–H and O–H groups in total. The summed E-state index contributed by atoms with van der Waals surface area (Å²) in [5.74, 6) is -1.16. The number of nitrogens with two attached hydrogens (primary N) is 1. The van der Waals surface area contributed by atoms with Gasteiger partial charge in [-0.25, -0.2) is 4.39 Å². The van der Waals surface area contributed by atoms with Crippen LogP contribution in [0.15, 0.2) is 35.1 Å². The first-order valence-corrected chi connectivity index (χ1v) is 5.71. The number of benzene rings is 1. The number of rotatable bonds is 2. The van der Waals surface area contributed by atoms with Crippen LogP contribution in [0.4, 0.5) is 4.39 Å². The second-order valence-corrected chi connectivity index (χ2v) is 4.32. The Labute approximate surface area is 109 Å². The van der Waals surface area contributed by atoms with Crippen molar-refractivity contribution in [3.63, 3.8) is 0 Å². The molecule has 0 saturated carbocycles. The van der Waals surface area contributed by atoms with Gasteiger partial charge in [-0.1, -0.05) is 0 Å². The van der Waals surface area contributed by atoms with Gasteiger partial charge >= 0.3 is 0 Å². The fourth-order valence-corrected chi connectivity index (χ4v) is 2.10. The number of carbonyl (C=O) groups excluding carboxylic acids is 1. The molecule has 2 aromatic rings. The Hall–Kier alpha value is -2.43. The molecule has 0 fully saturated rings. The minimum atomic E-state index is -0.765. The molecule has 1 amide bonds. The lowest BCUT2D eigenvalue weighted by atomic mass is 10.1. The van der Waals surface area contributed by atoms with E-state index in [1.807, 2.05) is 0 Å². The fraction of sp³-hybridized carbons (Fsp3) is 0.143. The third kappa shape index (κ3) is 2.27. The van der Waals surface area contributed by atoms with E-state index >= 15 is 0 Å². The van der Waals surface area contributed by atoms with Crippen molar-refractivity contribution in [2.75, 3.05) is 0 Å². The van der Waals surface area contributed by atoms with Gasteiger partial charge in [-0.2, -0.15) is 0 Å². The van der Waals surface area contributed by atoms with E-state index in [1.165, 1.54) is 28.8 Å². The SMILES string of the molecule is Cc1cc(C)n(-c2ccc(F)cc2)c(=O)c1C(N)=O. The summed E-state index contributed by atoms with van der Waals surface area (Å²) in [6.45, 7) is 3.39. The topological polar surface area (TPSA) is 65.1 Å². The van der Waals surface area contributed by atoms with E-state index < -0.39 is 17.3 Å². The van der Waals surface area contributed by atoms with Crippen molar-refractivity contribution in [1.82, 2.24) is 4.57 Å². The van der Waals surface area contributed by atoms with E-state index in [-0.39, 0.29) is 5.56 Å². The average Bonchev–Trinajstić information content (AvgIpc) is 2.30. The maximum absolute atomic E-state index is 12.9. The van der Waals surface area contributed by atoms with Crippen LogP contribution >= 0.6 is 0 Å². The van der Waals surface area contributed by atoms with Gasteiger partial charge in [0.15, 0.2) is 0 Å². The number of hydrogen-bond donors (Lipinski definition) is 1. The standard InChI is InChI=1S/C14H13FN2O2/c1-8-7-9(2)17(14(19)12(8)13(16)18)11-5-3-10(15)4-6-11/h3-7H,1-2H3,(H2,16,18). The lowest BCUT2D eigenvalue weighted by molar-refractivity contribution is 0.0998. The number of carbonyl (C=O) groups is 1. The Morgan fingerprint density at radius 1 is 1.21 bits per heavy atom. The summed E-state index contributed by atoms with van der Waals surface area (Å²) >= 11 is 0. The lowest BCUT2D eigenvalue weighted by Crippen LogP contribution is -2.31. The molecule has 0 bridgehead atoms. The van der Waals surface area contributed by atoms with E-state index in [0.29, 0.717) is 16.9 Å². The van der Waals surface area contributed by atoms with Crippen molar-refractivity contribution >= 4 is 5.91 Å². The van der Waals surface area contributed by atoms with Gasteiger partial charge in [0.2, 0.25) is 0 Å². The quantitative estimate of drug-likeness (QED) is 0.893. The number of primary amides is 1. The van der Waals surface area contributed by atoms with Crippen LogP contribution in [0, 0.1) is 19.7 Å². The number of amides is 1. The van der Waals surface area contributed by atoms with Crippen molar-refractivity contribution in [3.05, 3.63) is 63.3 Å². The first kappa shape index (κ1) is 13.0. The van der Waals surface area contributed by atoms with Crippen molar-refractivity contribution in [3.8, 4) is 5.69 Å². The number of pyridine rings is 1. The Kier molecular flexibility index (Phi) is 3.21. The number of aryl methyl sites for hydroxylation is 2. The highest BCUT2D eigenvalue weighted by Crippen LogP contribution is 2.12. The Balaban J connectivity index is 2.77. The lowest BCUT2D eigenvalue weighted by Gasteiger charge is -2.13. The minimum absolute atomic E-state index is 0.0464. The zero-order valence-electron chi connectivity index (χ0n) is 10.6. The van der Waals surface area contributed by atoms with Crippen molar-refractivity contribution in [2.24, 2.45) is 5.73 Å². The van der Waals surface area contributed by atoms with Gasteiger partial charge in [0, 0.05) is 11.4 Å². The molecule has 98 valence electrons. The average molecular weight is 260 g/mol. The largest absolute Gasteiger partial charge is 0.365 e. The number of nitrogens with zero attached hydrogens (tertiary/aromatic N) is 1. The molecular weight excluding hydrogens is 247 g/mol. The second-order valence-electron chi connectivity index (χ2n) is 4.32. The van der Waals surface area contributed by atoms with Crippen LogP contribution in [0.2, 0.25) is 0 Å². The summed E-state index contributed by atoms with van der Waals surface area (Å²) in [5.41, 5.74) is 6.37. The van der Waals surface area contributed by atoms with Gasteiger partial charge in [-0.15, -0.1) is 0 Å². The molecular formula is C14H13FN2O2. The smallest absolute Gasteiger partial charge is 0.268 e. The van der Waals surface area contributed by atoms with E-state index in [9.17, 15) is 14.0 Å². The maximum atomic E-state index is 12.9. The molecule has 0 spiro atoms. The normalized spacial score (nSPS) is 10.5. The molecule has 1 heterocycles. The number of hydrogen-bond acceptors (Lipinski definition) is 2. The van der Waals surface area contributed by atoms with E-state index in [2.05, 4.69) is 0 Å². The highest BCUT2D eigenvalue weighted by Gasteiger charge is 2.15. The first-order valence-electron chi connectivity index (χ1n) is 5.71. The van der Waals surface area contributed by atoms with Crippen molar-refractivity contribution in [1.29, 1.82) is 0 Å². The van der Waals surface area contributed by atoms with Gasteiger partial charge in [0.05, 0.1) is 0 Å². The van der Waals surface area contributed by atoms with Gasteiger partial charge in [-0.3, -0.25) is 14.2 Å². The molecule has 0 radical (unpaired) electrons. The molecule has 1 aromatic carbocycles. The molecule has 5 heteroatoms. The van der Waals surface area contributed by atoms with Gasteiger partial charge in [0.1, 0.15) is 11.4 Å². The van der Waals surface area contributed by atoms with Crippen LogP contribution in [0.5, 0.6) is 0 Å². The van der Waals surface area contributed by atoms with E-state index in [4.69, 9.17) is 5.73 Å². The zero-order chi connectivity index (χ0) is 14.2. The van der Waals surface area contributed by atoms with Crippen LogP contribution in [-0.2, 0) is 0 Å². The molecule has 0 unspecified atom stereocenters. The summed E-state index contributed by atoms with van der Waals surface area (Å²) in [6, 6.07) is 7.16. The predicted molar refractivity (Wildman–Crippen MR) is 70.0 cm³/mol. The van der Waals surface area contributed by atoms with Crippen molar-refractivity contribution < 1.29 is 9.18 Å². The molecule has 1 aromatic heterocycles. The number of aromatic nitrogens is 1. The zero-order valence-corrected chi connectivity index (χ0v) is 10.6. The third-order valence-corrected chi connectivity index (χ3v) is 2.92. The third-order valence-electron chi connectivity index (χ3n) is 2.92. The van der Waals surface area contributed by atoms with Crippen LogP contribution < -0.4 is 11.3 Å². The summed E-state index contributed by atoms with van der Waals surface area (Å²) in [6.07, 6.45) is 0. The summed E-state index contributed by atoms with van der Waals surface area (Å²) in [7, 11) is 0. The molecule has 0 aliphatic carbocycles. The Morgan fingerprint density at radius 2 is 1.79 bits per heavy atom. The summed E-state index contributed by atoms with van der Waals surface area (Å²) in [5, 5.41) is 0. The van der Waals surface area contributed by atoms with Crippen LogP contribution in [0.25, 0.3) is 5.69 Å². The monoisotopic (exact) mass is 260 g/mol. The van der Waals surface area contributed by atoms with Crippen molar-refractivity contribution in [2.45, 2.75) is 13.8 Å². The molecule has 19 heavy (non-hydrogen) atoms. The van der Waals surface area contributed by atoms with Gasteiger partial charge < -0.3 is 5.73 Å². The molecule has 0 atom stereocenters. The fourth-order valence-electron chi connectivity index (χ4n) is 2.10. The summed E-state index contributed by atoms with van der Waals surface area (Å²) < 4.78 is 14.3. The Bertz CT molecular complexity index is 703. The predicted octanol–water partition coefficient (Wildman–Crippen LogP) is 1.69. The highest BCUT2D eigenvalue weighted by molar-refractivity contribution is 5.94. The molecule has 0 saturated heterocycles. The van der Waals surface area contributed by atoms with E-state index in [1.54, 1.807) is 19.9 Å². The van der Waals surface area contributed by atoms with E-state index in [0.717, 1.165) is 0 Å². The van der Waals surface area contributed by atoms with Crippen LogP contribution in [0.1, 0.15) is 21.6 Å². The van der Waals surface area contributed by atoms with Crippen LogP contribution in [-0.4, -0.2) is 10.5 Å². The second kappa shape index (κ2) is 4.68. The van der Waals surface area contributed by atoms with Gasteiger partial charge in [0.25, 0.3) is 11.5 Å². The Morgan fingerprint density at radius 3 is 2.32 bits per heavy atom. The molecule has 2 rings (SSSR count). The van der Waals surface area contributed by atoms with Crippen LogP contribution in [0.3, 0.4) is 0 Å². The highest BCUT2D eigenvalue weighted by atomic mass is 19.1. The maximum Gasteiger partial charge on any atom is 0.268 e. The number of halogens is 1.